The Morgan fingerprint density at radius 2 is 2.11 bits per heavy atom. The number of hydrogen-bond donors (Lipinski definition) is 1. The maximum atomic E-state index is 10.6. The fourth-order valence-electron chi connectivity index (χ4n) is 1.70. The van der Waals surface area contributed by atoms with Crippen molar-refractivity contribution in [2.75, 3.05) is 12.5 Å². The highest BCUT2D eigenvalue weighted by Crippen LogP contribution is 2.35. The number of anilines is 1. The SMILES string of the molecule is Nc1nc(-c2ccc3c(c2)OCO3)ncc1[N+](=O)[O-]. The van der Waals surface area contributed by atoms with E-state index in [0.717, 1.165) is 6.20 Å². The van der Waals surface area contributed by atoms with E-state index in [4.69, 9.17) is 15.2 Å². The number of nitrogen functional groups attached to an aromatic ring is 1. The van der Waals surface area contributed by atoms with Crippen LogP contribution in [0.4, 0.5) is 11.5 Å². The molecule has 0 bridgehead atoms. The molecule has 0 unspecified atom stereocenters. The van der Waals surface area contributed by atoms with Crippen molar-refractivity contribution in [3.8, 4) is 22.9 Å². The Morgan fingerprint density at radius 1 is 1.32 bits per heavy atom. The molecule has 0 fully saturated rings. The molecule has 0 saturated heterocycles. The Balaban J connectivity index is 2.03. The molecule has 0 saturated carbocycles. The summed E-state index contributed by atoms with van der Waals surface area (Å²) >= 11 is 0. The molecule has 8 nitrogen and oxygen atoms in total. The van der Waals surface area contributed by atoms with Crippen LogP contribution in [0.15, 0.2) is 24.4 Å². The Bertz CT molecular complexity index is 674. The lowest BCUT2D eigenvalue weighted by molar-refractivity contribution is -0.384. The molecular weight excluding hydrogens is 252 g/mol. The van der Waals surface area contributed by atoms with Gasteiger partial charge in [-0.25, -0.2) is 9.97 Å². The maximum absolute atomic E-state index is 10.6. The van der Waals surface area contributed by atoms with Crippen LogP contribution >= 0.6 is 0 Å². The minimum Gasteiger partial charge on any atom is -0.454 e. The van der Waals surface area contributed by atoms with Crippen LogP contribution in [0.2, 0.25) is 0 Å². The van der Waals surface area contributed by atoms with E-state index < -0.39 is 4.92 Å². The van der Waals surface area contributed by atoms with E-state index in [1.807, 2.05) is 0 Å². The highest BCUT2D eigenvalue weighted by atomic mass is 16.7. The van der Waals surface area contributed by atoms with E-state index in [0.29, 0.717) is 22.9 Å². The zero-order valence-electron chi connectivity index (χ0n) is 9.57. The summed E-state index contributed by atoms with van der Waals surface area (Å²) in [5, 5.41) is 10.6. The van der Waals surface area contributed by atoms with Gasteiger partial charge in [0.25, 0.3) is 0 Å². The molecule has 1 aromatic heterocycles. The summed E-state index contributed by atoms with van der Waals surface area (Å²) in [6, 6.07) is 5.15. The molecule has 2 heterocycles. The number of aromatic nitrogens is 2. The first kappa shape index (κ1) is 11.2. The van der Waals surface area contributed by atoms with Crippen molar-refractivity contribution < 1.29 is 14.4 Å². The molecule has 2 N–H and O–H groups in total. The van der Waals surface area contributed by atoms with E-state index in [1.165, 1.54) is 0 Å². The zero-order chi connectivity index (χ0) is 13.4. The van der Waals surface area contributed by atoms with Gasteiger partial charge in [0.1, 0.15) is 6.20 Å². The minimum atomic E-state index is -0.626. The van der Waals surface area contributed by atoms with Gasteiger partial charge in [-0.05, 0) is 18.2 Å². The van der Waals surface area contributed by atoms with Gasteiger partial charge < -0.3 is 15.2 Å². The Hall–Kier alpha value is -2.90. The third kappa shape index (κ3) is 1.88. The molecular formula is C11H8N4O4. The van der Waals surface area contributed by atoms with Crippen molar-refractivity contribution in [2.45, 2.75) is 0 Å². The summed E-state index contributed by atoms with van der Waals surface area (Å²) < 4.78 is 10.4. The van der Waals surface area contributed by atoms with Crippen molar-refractivity contribution >= 4 is 11.5 Å². The van der Waals surface area contributed by atoms with Crippen molar-refractivity contribution in [2.24, 2.45) is 0 Å². The van der Waals surface area contributed by atoms with Gasteiger partial charge in [0, 0.05) is 5.56 Å². The second-order valence-corrected chi connectivity index (χ2v) is 3.79. The van der Waals surface area contributed by atoms with Gasteiger partial charge in [-0.15, -0.1) is 0 Å². The van der Waals surface area contributed by atoms with Crippen LogP contribution in [-0.2, 0) is 0 Å². The van der Waals surface area contributed by atoms with Gasteiger partial charge >= 0.3 is 5.69 Å². The van der Waals surface area contributed by atoms with Crippen LogP contribution in [0.5, 0.6) is 11.5 Å². The first-order valence-electron chi connectivity index (χ1n) is 5.32. The van der Waals surface area contributed by atoms with Gasteiger partial charge in [0.05, 0.1) is 4.92 Å². The van der Waals surface area contributed by atoms with Crippen molar-refractivity contribution in [3.05, 3.63) is 34.5 Å². The standard InChI is InChI=1S/C11H8N4O4/c12-10-7(15(16)17)4-13-11(14-10)6-1-2-8-9(3-6)19-5-18-8/h1-4H,5H2,(H2,12,13,14). The van der Waals surface area contributed by atoms with Gasteiger partial charge in [0.2, 0.25) is 12.6 Å². The molecule has 0 radical (unpaired) electrons. The van der Waals surface area contributed by atoms with Crippen LogP contribution in [0, 0.1) is 10.1 Å². The summed E-state index contributed by atoms with van der Waals surface area (Å²) in [6.07, 6.45) is 1.09. The number of fused-ring (bicyclic) bond motifs is 1. The smallest absolute Gasteiger partial charge is 0.329 e. The molecule has 0 atom stereocenters. The average molecular weight is 260 g/mol. The molecule has 1 aliphatic heterocycles. The zero-order valence-corrected chi connectivity index (χ0v) is 9.57. The molecule has 1 aromatic carbocycles. The monoisotopic (exact) mass is 260 g/mol. The normalized spacial score (nSPS) is 12.4. The molecule has 0 spiro atoms. The third-order valence-electron chi connectivity index (χ3n) is 2.63. The summed E-state index contributed by atoms with van der Waals surface area (Å²) in [7, 11) is 0. The van der Waals surface area contributed by atoms with Gasteiger partial charge in [-0.2, -0.15) is 0 Å². The predicted octanol–water partition coefficient (Wildman–Crippen LogP) is 1.36. The molecule has 8 heteroatoms. The van der Waals surface area contributed by atoms with Crippen LogP contribution in [0.3, 0.4) is 0 Å². The van der Waals surface area contributed by atoms with Gasteiger partial charge in [0.15, 0.2) is 17.3 Å². The predicted molar refractivity (Wildman–Crippen MR) is 64.7 cm³/mol. The molecule has 0 aliphatic carbocycles. The van der Waals surface area contributed by atoms with Crippen LogP contribution in [-0.4, -0.2) is 21.7 Å². The maximum Gasteiger partial charge on any atom is 0.329 e. The van der Waals surface area contributed by atoms with E-state index in [1.54, 1.807) is 18.2 Å². The number of benzene rings is 1. The quantitative estimate of drug-likeness (QED) is 0.640. The highest BCUT2D eigenvalue weighted by molar-refractivity contribution is 5.64. The largest absolute Gasteiger partial charge is 0.454 e. The fourth-order valence-corrected chi connectivity index (χ4v) is 1.70. The highest BCUT2D eigenvalue weighted by Gasteiger charge is 2.18. The average Bonchev–Trinajstić information content (AvgIpc) is 2.85. The first-order valence-corrected chi connectivity index (χ1v) is 5.32. The van der Waals surface area contributed by atoms with Gasteiger partial charge in [-0.1, -0.05) is 0 Å². The number of nitrogens with two attached hydrogens (primary N) is 1. The minimum absolute atomic E-state index is 0.169. The van der Waals surface area contributed by atoms with E-state index in [9.17, 15) is 10.1 Å². The molecule has 2 aromatic rings. The lowest BCUT2D eigenvalue weighted by Crippen LogP contribution is -2.01. The van der Waals surface area contributed by atoms with Gasteiger partial charge in [-0.3, -0.25) is 10.1 Å². The summed E-state index contributed by atoms with van der Waals surface area (Å²) in [6.45, 7) is 0.169. The van der Waals surface area contributed by atoms with E-state index in [2.05, 4.69) is 9.97 Å². The van der Waals surface area contributed by atoms with E-state index in [-0.39, 0.29) is 18.3 Å². The number of rotatable bonds is 2. The molecule has 3 rings (SSSR count). The second-order valence-electron chi connectivity index (χ2n) is 3.79. The second kappa shape index (κ2) is 4.09. The third-order valence-corrected chi connectivity index (χ3v) is 2.63. The van der Waals surface area contributed by atoms with Crippen molar-refractivity contribution in [3.63, 3.8) is 0 Å². The Morgan fingerprint density at radius 3 is 2.84 bits per heavy atom. The number of hydrogen-bond acceptors (Lipinski definition) is 7. The molecule has 96 valence electrons. The Labute approximate surface area is 107 Å². The number of nitro groups is 1. The van der Waals surface area contributed by atoms with E-state index >= 15 is 0 Å². The van der Waals surface area contributed by atoms with Crippen molar-refractivity contribution in [1.82, 2.24) is 9.97 Å². The Kier molecular flexibility index (Phi) is 2.41. The molecule has 0 amide bonds. The molecule has 19 heavy (non-hydrogen) atoms. The van der Waals surface area contributed by atoms with Crippen molar-refractivity contribution in [1.29, 1.82) is 0 Å². The number of ether oxygens (including phenoxy) is 2. The summed E-state index contributed by atoms with van der Waals surface area (Å²) in [5.41, 5.74) is 5.85. The van der Waals surface area contributed by atoms with Crippen LogP contribution < -0.4 is 15.2 Å². The fraction of sp³-hybridized carbons (Fsp3) is 0.0909. The summed E-state index contributed by atoms with van der Waals surface area (Å²) in [5.74, 6) is 1.34. The summed E-state index contributed by atoms with van der Waals surface area (Å²) in [4.78, 5) is 17.9. The number of nitrogens with zero attached hydrogens (tertiary/aromatic N) is 3. The topological polar surface area (TPSA) is 113 Å². The molecule has 1 aliphatic rings. The first-order chi connectivity index (χ1) is 9.15. The lowest BCUT2D eigenvalue weighted by Gasteiger charge is -2.03. The van der Waals surface area contributed by atoms with Crippen LogP contribution in [0.25, 0.3) is 11.4 Å². The lowest BCUT2D eigenvalue weighted by atomic mass is 10.2. The van der Waals surface area contributed by atoms with Crippen LogP contribution in [0.1, 0.15) is 0 Å².